The molecule has 0 radical (unpaired) electrons. The van der Waals surface area contributed by atoms with Crippen LogP contribution in [0.5, 0.6) is 5.75 Å². The minimum absolute atomic E-state index is 0.220. The molecule has 4 nitrogen and oxygen atoms in total. The summed E-state index contributed by atoms with van der Waals surface area (Å²) in [5, 5.41) is 3.85. The third-order valence-electron chi connectivity index (χ3n) is 3.58. The van der Waals surface area contributed by atoms with E-state index in [-0.39, 0.29) is 5.91 Å². The fourth-order valence-electron chi connectivity index (χ4n) is 2.57. The highest BCUT2D eigenvalue weighted by Gasteiger charge is 2.16. The second kappa shape index (κ2) is 6.38. The number of aromatic nitrogens is 1. The number of nitrogens with one attached hydrogen (secondary N) is 1. The topological polar surface area (TPSA) is 51.2 Å². The van der Waals surface area contributed by atoms with Crippen LogP contribution < -0.4 is 10.1 Å². The highest BCUT2D eigenvalue weighted by Crippen LogP contribution is 2.29. The summed E-state index contributed by atoms with van der Waals surface area (Å²) < 4.78 is 6.22. The standard InChI is InChI=1S/C18H15BrN2O2/c1-11-9-12(19)10-14(17(11)23-2)18(22)21-16-7-3-6-15-13(16)5-4-8-20-15/h3-10H,1-2H3,(H,21,22). The van der Waals surface area contributed by atoms with Crippen LogP contribution >= 0.6 is 15.9 Å². The van der Waals surface area contributed by atoms with E-state index in [1.165, 1.54) is 0 Å². The number of benzene rings is 2. The zero-order chi connectivity index (χ0) is 16.4. The summed E-state index contributed by atoms with van der Waals surface area (Å²) in [5.74, 6) is 0.353. The summed E-state index contributed by atoms with van der Waals surface area (Å²) in [6.07, 6.45) is 1.73. The van der Waals surface area contributed by atoms with Gasteiger partial charge < -0.3 is 10.1 Å². The van der Waals surface area contributed by atoms with E-state index in [0.29, 0.717) is 11.3 Å². The number of anilines is 1. The number of methoxy groups -OCH3 is 1. The molecule has 0 aliphatic carbocycles. The average Bonchev–Trinajstić information content (AvgIpc) is 2.54. The number of aryl methyl sites for hydroxylation is 1. The first kappa shape index (κ1) is 15.5. The summed E-state index contributed by atoms with van der Waals surface area (Å²) in [7, 11) is 1.56. The Morgan fingerprint density at radius 1 is 1.22 bits per heavy atom. The van der Waals surface area contributed by atoms with E-state index < -0.39 is 0 Å². The van der Waals surface area contributed by atoms with Crippen molar-refractivity contribution in [3.63, 3.8) is 0 Å². The van der Waals surface area contributed by atoms with E-state index in [9.17, 15) is 4.79 Å². The number of hydrogen-bond acceptors (Lipinski definition) is 3. The van der Waals surface area contributed by atoms with Gasteiger partial charge in [0.05, 0.1) is 23.9 Å². The molecule has 0 aliphatic heterocycles. The Balaban J connectivity index is 2.02. The van der Waals surface area contributed by atoms with E-state index in [4.69, 9.17) is 4.74 Å². The molecular weight excluding hydrogens is 356 g/mol. The molecule has 0 saturated heterocycles. The molecule has 0 atom stereocenters. The van der Waals surface area contributed by atoms with E-state index in [0.717, 1.165) is 26.6 Å². The second-order valence-corrected chi connectivity index (χ2v) is 6.05. The van der Waals surface area contributed by atoms with E-state index in [1.54, 1.807) is 19.4 Å². The Hall–Kier alpha value is -2.40. The molecule has 0 saturated carbocycles. The predicted octanol–water partition coefficient (Wildman–Crippen LogP) is 4.57. The fraction of sp³-hybridized carbons (Fsp3) is 0.111. The van der Waals surface area contributed by atoms with Crippen molar-refractivity contribution in [2.75, 3.05) is 12.4 Å². The van der Waals surface area contributed by atoms with Crippen molar-refractivity contribution in [3.8, 4) is 5.75 Å². The molecule has 1 heterocycles. The van der Waals surface area contributed by atoms with Crippen molar-refractivity contribution in [2.45, 2.75) is 6.92 Å². The van der Waals surface area contributed by atoms with Crippen LogP contribution in [0.3, 0.4) is 0 Å². The number of halogens is 1. The molecule has 3 aromatic rings. The van der Waals surface area contributed by atoms with Crippen LogP contribution in [0.1, 0.15) is 15.9 Å². The highest BCUT2D eigenvalue weighted by molar-refractivity contribution is 9.10. The van der Waals surface area contributed by atoms with Gasteiger partial charge in [-0.2, -0.15) is 0 Å². The van der Waals surface area contributed by atoms with E-state index >= 15 is 0 Å². The fourth-order valence-corrected chi connectivity index (χ4v) is 3.14. The van der Waals surface area contributed by atoms with Gasteiger partial charge in [0.15, 0.2) is 0 Å². The molecule has 1 N–H and O–H groups in total. The minimum atomic E-state index is -0.220. The Labute approximate surface area is 142 Å². The van der Waals surface area contributed by atoms with Crippen LogP contribution in [0.25, 0.3) is 10.9 Å². The molecule has 23 heavy (non-hydrogen) atoms. The first-order valence-electron chi connectivity index (χ1n) is 7.09. The molecular formula is C18H15BrN2O2. The van der Waals surface area contributed by atoms with Crippen LogP contribution in [0.15, 0.2) is 53.1 Å². The number of rotatable bonds is 3. The highest BCUT2D eigenvalue weighted by atomic mass is 79.9. The molecule has 5 heteroatoms. The van der Waals surface area contributed by atoms with Crippen molar-refractivity contribution >= 4 is 38.4 Å². The normalized spacial score (nSPS) is 10.6. The van der Waals surface area contributed by atoms with Gasteiger partial charge in [-0.3, -0.25) is 9.78 Å². The third-order valence-corrected chi connectivity index (χ3v) is 4.04. The maximum absolute atomic E-state index is 12.7. The average molecular weight is 371 g/mol. The zero-order valence-electron chi connectivity index (χ0n) is 12.8. The Kier molecular flexibility index (Phi) is 4.30. The number of carbonyl (C=O) groups excluding carboxylic acids is 1. The van der Waals surface area contributed by atoms with Gasteiger partial charge in [0, 0.05) is 16.1 Å². The van der Waals surface area contributed by atoms with Crippen molar-refractivity contribution in [3.05, 3.63) is 64.3 Å². The Bertz CT molecular complexity index is 888. The van der Waals surface area contributed by atoms with Gasteiger partial charge in [0.25, 0.3) is 5.91 Å². The number of hydrogen-bond donors (Lipinski definition) is 1. The first-order chi connectivity index (χ1) is 11.1. The molecule has 0 unspecified atom stereocenters. The van der Waals surface area contributed by atoms with Gasteiger partial charge in [0.1, 0.15) is 5.75 Å². The summed E-state index contributed by atoms with van der Waals surface area (Å²) in [4.78, 5) is 17.0. The van der Waals surface area contributed by atoms with E-state index in [2.05, 4.69) is 26.2 Å². The molecule has 0 fully saturated rings. The zero-order valence-corrected chi connectivity index (χ0v) is 14.3. The van der Waals surface area contributed by atoms with Crippen LogP contribution in [0, 0.1) is 6.92 Å². The maximum atomic E-state index is 12.7. The number of pyridine rings is 1. The molecule has 2 aromatic carbocycles. The van der Waals surface area contributed by atoms with Crippen molar-refractivity contribution in [2.24, 2.45) is 0 Å². The molecule has 3 rings (SSSR count). The summed E-state index contributed by atoms with van der Waals surface area (Å²) >= 11 is 3.42. The molecule has 116 valence electrons. The molecule has 1 aromatic heterocycles. The Morgan fingerprint density at radius 3 is 2.83 bits per heavy atom. The lowest BCUT2D eigenvalue weighted by molar-refractivity contribution is 0.102. The molecule has 0 bridgehead atoms. The minimum Gasteiger partial charge on any atom is -0.496 e. The SMILES string of the molecule is COc1c(C)cc(Br)cc1C(=O)Nc1cccc2ncccc12. The molecule has 0 aliphatic rings. The van der Waals surface area contributed by atoms with Crippen LogP contribution in [-0.4, -0.2) is 18.0 Å². The van der Waals surface area contributed by atoms with E-state index in [1.807, 2.05) is 43.3 Å². The van der Waals surface area contributed by atoms with Gasteiger partial charge >= 0.3 is 0 Å². The summed E-state index contributed by atoms with van der Waals surface area (Å²) in [6, 6.07) is 13.1. The van der Waals surface area contributed by atoms with Gasteiger partial charge in [-0.1, -0.05) is 22.0 Å². The first-order valence-corrected chi connectivity index (χ1v) is 7.88. The number of ether oxygens (including phenoxy) is 1. The van der Waals surface area contributed by atoms with Gasteiger partial charge in [-0.05, 0) is 48.9 Å². The number of amides is 1. The number of nitrogens with zero attached hydrogens (tertiary/aromatic N) is 1. The molecule has 0 spiro atoms. The quantitative estimate of drug-likeness (QED) is 0.734. The third kappa shape index (κ3) is 3.05. The Morgan fingerprint density at radius 2 is 2.04 bits per heavy atom. The monoisotopic (exact) mass is 370 g/mol. The van der Waals surface area contributed by atoms with Gasteiger partial charge in [-0.15, -0.1) is 0 Å². The van der Waals surface area contributed by atoms with Crippen molar-refractivity contribution in [1.82, 2.24) is 4.98 Å². The lowest BCUT2D eigenvalue weighted by atomic mass is 10.1. The van der Waals surface area contributed by atoms with Gasteiger partial charge in [0.2, 0.25) is 0 Å². The van der Waals surface area contributed by atoms with Crippen LogP contribution in [-0.2, 0) is 0 Å². The van der Waals surface area contributed by atoms with Crippen LogP contribution in [0.2, 0.25) is 0 Å². The second-order valence-electron chi connectivity index (χ2n) is 5.13. The summed E-state index contributed by atoms with van der Waals surface area (Å²) in [5.41, 5.74) is 2.94. The van der Waals surface area contributed by atoms with Gasteiger partial charge in [-0.25, -0.2) is 0 Å². The van der Waals surface area contributed by atoms with Crippen molar-refractivity contribution < 1.29 is 9.53 Å². The maximum Gasteiger partial charge on any atom is 0.259 e. The smallest absolute Gasteiger partial charge is 0.259 e. The number of carbonyl (C=O) groups is 1. The lowest BCUT2D eigenvalue weighted by Gasteiger charge is -2.13. The molecule has 1 amide bonds. The van der Waals surface area contributed by atoms with Crippen molar-refractivity contribution in [1.29, 1.82) is 0 Å². The van der Waals surface area contributed by atoms with Crippen LogP contribution in [0.4, 0.5) is 5.69 Å². The number of fused-ring (bicyclic) bond motifs is 1. The largest absolute Gasteiger partial charge is 0.496 e. The lowest BCUT2D eigenvalue weighted by Crippen LogP contribution is -2.14. The predicted molar refractivity (Wildman–Crippen MR) is 95.1 cm³/mol. The summed E-state index contributed by atoms with van der Waals surface area (Å²) in [6.45, 7) is 1.90.